The zero-order chi connectivity index (χ0) is 20.6. The van der Waals surface area contributed by atoms with Crippen LogP contribution in [0.1, 0.15) is 11.1 Å². The number of nitrogens with one attached hydrogen (secondary N) is 1. The van der Waals surface area contributed by atoms with Gasteiger partial charge in [-0.25, -0.2) is 13.2 Å². The normalized spacial score (nSPS) is 20.9. The number of aliphatic hydroxyl groups excluding tert-OH is 1. The number of hydrogen-bond acceptors (Lipinski definition) is 8. The standard InChI is InChI=1S/C18H21NO8S/c1-9-10-4-5-14(25-2)17(26-3)16(10)27-18(22)11(9)6-15(21)19-12-7-28(23,24)8-13(12)20/h4-5,12-13,20H,6-8H2,1-3H3,(H,19,21)/t12-,13+/m0/s1. The van der Waals surface area contributed by atoms with Crippen LogP contribution in [-0.4, -0.2) is 57.3 Å². The van der Waals surface area contributed by atoms with Crippen LogP contribution in [0.15, 0.2) is 21.3 Å². The van der Waals surface area contributed by atoms with Crippen molar-refractivity contribution in [3.63, 3.8) is 0 Å². The zero-order valence-corrected chi connectivity index (χ0v) is 16.5. The highest BCUT2D eigenvalue weighted by Crippen LogP contribution is 2.36. The lowest BCUT2D eigenvalue weighted by atomic mass is 10.0. The van der Waals surface area contributed by atoms with E-state index in [1.54, 1.807) is 19.1 Å². The molecular weight excluding hydrogens is 390 g/mol. The molecule has 1 aromatic heterocycles. The number of hydrogen-bond donors (Lipinski definition) is 2. The Hall–Kier alpha value is -2.59. The van der Waals surface area contributed by atoms with E-state index in [2.05, 4.69) is 5.32 Å². The van der Waals surface area contributed by atoms with Crippen molar-refractivity contribution in [2.75, 3.05) is 25.7 Å². The highest BCUT2D eigenvalue weighted by molar-refractivity contribution is 7.91. The quantitative estimate of drug-likeness (QED) is 0.654. The Kier molecular flexibility index (Phi) is 5.35. The van der Waals surface area contributed by atoms with Gasteiger partial charge in [-0.1, -0.05) is 0 Å². The van der Waals surface area contributed by atoms with E-state index in [9.17, 15) is 23.1 Å². The van der Waals surface area contributed by atoms with Crippen molar-refractivity contribution >= 4 is 26.7 Å². The van der Waals surface area contributed by atoms with E-state index in [1.807, 2.05) is 0 Å². The maximum atomic E-state index is 12.5. The summed E-state index contributed by atoms with van der Waals surface area (Å²) in [5, 5.41) is 12.9. The summed E-state index contributed by atoms with van der Waals surface area (Å²) in [6.07, 6.45) is -1.47. The van der Waals surface area contributed by atoms with Gasteiger partial charge in [0.1, 0.15) is 0 Å². The second-order valence-electron chi connectivity index (χ2n) is 6.67. The summed E-state index contributed by atoms with van der Waals surface area (Å²) < 4.78 is 39.0. The summed E-state index contributed by atoms with van der Waals surface area (Å²) in [5.41, 5.74) is 0.201. The van der Waals surface area contributed by atoms with Gasteiger partial charge in [0.15, 0.2) is 21.2 Å². The highest BCUT2D eigenvalue weighted by Gasteiger charge is 2.37. The summed E-state index contributed by atoms with van der Waals surface area (Å²) in [6, 6.07) is 2.47. The first-order chi connectivity index (χ1) is 13.2. The van der Waals surface area contributed by atoms with Crippen molar-refractivity contribution < 1.29 is 32.2 Å². The predicted molar refractivity (Wildman–Crippen MR) is 101 cm³/mol. The van der Waals surface area contributed by atoms with Gasteiger partial charge in [0.05, 0.1) is 49.9 Å². The van der Waals surface area contributed by atoms with Crippen LogP contribution in [0.25, 0.3) is 11.0 Å². The highest BCUT2D eigenvalue weighted by atomic mass is 32.2. The fraction of sp³-hybridized carbons (Fsp3) is 0.444. The first-order valence-corrected chi connectivity index (χ1v) is 10.3. The summed E-state index contributed by atoms with van der Waals surface area (Å²) in [7, 11) is -0.505. The molecule has 10 heteroatoms. The minimum Gasteiger partial charge on any atom is -0.493 e. The first kappa shape index (κ1) is 20.2. The Morgan fingerprint density at radius 1 is 1.29 bits per heavy atom. The molecule has 1 amide bonds. The van der Waals surface area contributed by atoms with Gasteiger partial charge < -0.3 is 24.3 Å². The van der Waals surface area contributed by atoms with E-state index in [0.717, 1.165) is 0 Å². The van der Waals surface area contributed by atoms with Crippen molar-refractivity contribution in [1.82, 2.24) is 5.32 Å². The number of aryl methyl sites for hydroxylation is 1. The molecule has 2 heterocycles. The SMILES string of the molecule is COc1ccc2c(C)c(CC(=O)N[C@H]3CS(=O)(=O)C[C@H]3O)c(=O)oc2c1OC. The predicted octanol–water partition coefficient (Wildman–Crippen LogP) is -0.0648. The third-order valence-electron chi connectivity index (χ3n) is 4.80. The van der Waals surface area contributed by atoms with Crippen molar-refractivity contribution in [2.45, 2.75) is 25.5 Å². The van der Waals surface area contributed by atoms with Crippen LogP contribution in [0.3, 0.4) is 0 Å². The number of rotatable bonds is 5. The van der Waals surface area contributed by atoms with E-state index in [4.69, 9.17) is 13.9 Å². The number of benzene rings is 1. The van der Waals surface area contributed by atoms with Crippen LogP contribution in [-0.2, 0) is 21.1 Å². The maximum absolute atomic E-state index is 12.5. The van der Waals surface area contributed by atoms with Crippen LogP contribution in [0.5, 0.6) is 11.5 Å². The molecule has 1 aromatic carbocycles. The number of carbonyl (C=O) groups excluding carboxylic acids is 1. The zero-order valence-electron chi connectivity index (χ0n) is 15.6. The van der Waals surface area contributed by atoms with Gasteiger partial charge in [-0.05, 0) is 24.6 Å². The Balaban J connectivity index is 1.91. The molecule has 0 spiro atoms. The first-order valence-electron chi connectivity index (χ1n) is 8.52. The molecular formula is C18H21NO8S. The molecule has 152 valence electrons. The van der Waals surface area contributed by atoms with Crippen LogP contribution < -0.4 is 20.4 Å². The van der Waals surface area contributed by atoms with Crippen LogP contribution in [0.2, 0.25) is 0 Å². The molecule has 1 saturated heterocycles. The molecule has 2 aromatic rings. The Labute approximate surface area is 161 Å². The topological polar surface area (TPSA) is 132 Å². The van der Waals surface area contributed by atoms with E-state index in [-0.39, 0.29) is 29.1 Å². The molecule has 2 N–H and O–H groups in total. The van der Waals surface area contributed by atoms with Gasteiger partial charge in [0.25, 0.3) is 0 Å². The molecule has 9 nitrogen and oxygen atoms in total. The third kappa shape index (κ3) is 3.69. The van der Waals surface area contributed by atoms with E-state index in [0.29, 0.717) is 16.7 Å². The number of carbonyl (C=O) groups is 1. The van der Waals surface area contributed by atoms with E-state index >= 15 is 0 Å². The Bertz CT molecular complexity index is 1090. The van der Waals surface area contributed by atoms with Crippen LogP contribution in [0, 0.1) is 6.92 Å². The molecule has 1 aliphatic rings. The number of amides is 1. The number of fused-ring (bicyclic) bond motifs is 1. The molecule has 3 rings (SSSR count). The summed E-state index contributed by atoms with van der Waals surface area (Å²) in [6.45, 7) is 1.68. The third-order valence-corrected chi connectivity index (χ3v) is 6.52. The van der Waals surface area contributed by atoms with E-state index in [1.165, 1.54) is 14.2 Å². The van der Waals surface area contributed by atoms with Gasteiger partial charge in [-0.2, -0.15) is 0 Å². The second kappa shape index (κ2) is 7.44. The van der Waals surface area contributed by atoms with Crippen LogP contribution in [0.4, 0.5) is 0 Å². The van der Waals surface area contributed by atoms with Crippen LogP contribution >= 0.6 is 0 Å². The largest absolute Gasteiger partial charge is 0.493 e. The molecule has 1 aliphatic heterocycles. The van der Waals surface area contributed by atoms with Gasteiger partial charge in [0.2, 0.25) is 11.7 Å². The van der Waals surface area contributed by atoms with Crippen molar-refractivity contribution in [1.29, 1.82) is 0 Å². The average Bonchev–Trinajstić information content (AvgIpc) is 2.88. The number of sulfone groups is 1. The maximum Gasteiger partial charge on any atom is 0.340 e. The molecule has 0 aliphatic carbocycles. The smallest absolute Gasteiger partial charge is 0.340 e. The summed E-state index contributed by atoms with van der Waals surface area (Å²) in [5.74, 6) is -0.620. The molecule has 0 bridgehead atoms. The second-order valence-corrected chi connectivity index (χ2v) is 8.82. The molecule has 0 saturated carbocycles. The summed E-state index contributed by atoms with van der Waals surface area (Å²) >= 11 is 0. The van der Waals surface area contributed by atoms with Crippen molar-refractivity contribution in [3.05, 3.63) is 33.7 Å². The lowest BCUT2D eigenvalue weighted by Gasteiger charge is -2.16. The minimum absolute atomic E-state index is 0.146. The molecule has 1 fully saturated rings. The Morgan fingerprint density at radius 3 is 2.57 bits per heavy atom. The van der Waals surface area contributed by atoms with Gasteiger partial charge in [0, 0.05) is 5.39 Å². The minimum atomic E-state index is -3.39. The lowest BCUT2D eigenvalue weighted by Crippen LogP contribution is -2.43. The van der Waals surface area contributed by atoms with Crippen molar-refractivity contribution in [2.24, 2.45) is 0 Å². The van der Waals surface area contributed by atoms with Crippen molar-refractivity contribution in [3.8, 4) is 11.5 Å². The van der Waals surface area contributed by atoms with Gasteiger partial charge in [-0.3, -0.25) is 4.79 Å². The molecule has 0 radical (unpaired) electrons. The number of ether oxygens (including phenoxy) is 2. The number of aliphatic hydroxyl groups is 1. The van der Waals surface area contributed by atoms with Gasteiger partial charge >= 0.3 is 5.63 Å². The lowest BCUT2D eigenvalue weighted by molar-refractivity contribution is -0.121. The molecule has 28 heavy (non-hydrogen) atoms. The van der Waals surface area contributed by atoms with E-state index < -0.39 is 39.3 Å². The monoisotopic (exact) mass is 411 g/mol. The Morgan fingerprint density at radius 2 is 2.00 bits per heavy atom. The fourth-order valence-electron chi connectivity index (χ4n) is 3.36. The number of methoxy groups -OCH3 is 2. The summed E-state index contributed by atoms with van der Waals surface area (Å²) in [4.78, 5) is 24.8. The van der Waals surface area contributed by atoms with Gasteiger partial charge in [-0.15, -0.1) is 0 Å². The fourth-order valence-corrected chi connectivity index (χ4v) is 5.10. The molecule has 0 unspecified atom stereocenters. The molecule has 2 atom stereocenters. The average molecular weight is 411 g/mol.